The fraction of sp³-hybridized carbons (Fsp3) is 0.571. The minimum atomic E-state index is -0.469. The van der Waals surface area contributed by atoms with Crippen LogP contribution in [0.1, 0.15) is 31.7 Å². The van der Waals surface area contributed by atoms with Crippen LogP contribution < -0.4 is 10.5 Å². The molecule has 18 heavy (non-hydrogen) atoms. The average Bonchev–Trinajstić information content (AvgIpc) is 2.37. The van der Waals surface area contributed by atoms with Crippen molar-refractivity contribution < 1.29 is 9.84 Å². The second-order valence-corrected chi connectivity index (χ2v) is 4.92. The monoisotopic (exact) mass is 271 g/mol. The van der Waals surface area contributed by atoms with E-state index in [1.807, 2.05) is 12.1 Å². The smallest absolute Gasteiger partial charge is 0.120 e. The predicted octanol–water partition coefficient (Wildman–Crippen LogP) is 2.77. The highest BCUT2D eigenvalue weighted by molar-refractivity contribution is 6.31. The Balaban J connectivity index is 2.53. The Morgan fingerprint density at radius 2 is 2.11 bits per heavy atom. The number of methoxy groups -OCH3 is 1. The topological polar surface area (TPSA) is 55.5 Å². The van der Waals surface area contributed by atoms with E-state index in [0.717, 1.165) is 30.6 Å². The van der Waals surface area contributed by atoms with Gasteiger partial charge in [-0.3, -0.25) is 0 Å². The van der Waals surface area contributed by atoms with Crippen LogP contribution >= 0.6 is 11.6 Å². The van der Waals surface area contributed by atoms with Crippen LogP contribution in [0.2, 0.25) is 5.02 Å². The maximum absolute atomic E-state index is 9.91. The van der Waals surface area contributed by atoms with Crippen molar-refractivity contribution in [1.29, 1.82) is 0 Å². The van der Waals surface area contributed by atoms with E-state index >= 15 is 0 Å². The van der Waals surface area contributed by atoms with Crippen LogP contribution in [0.3, 0.4) is 0 Å². The van der Waals surface area contributed by atoms with Crippen LogP contribution in [-0.2, 0) is 6.42 Å². The number of halogens is 1. The second kappa shape index (κ2) is 7.62. The Kier molecular flexibility index (Phi) is 6.47. The highest BCUT2D eigenvalue weighted by Crippen LogP contribution is 2.24. The van der Waals surface area contributed by atoms with E-state index in [0.29, 0.717) is 11.4 Å². The summed E-state index contributed by atoms with van der Waals surface area (Å²) in [5, 5.41) is 10.6. The van der Waals surface area contributed by atoms with Gasteiger partial charge in [0.2, 0.25) is 0 Å². The predicted molar refractivity (Wildman–Crippen MR) is 75.2 cm³/mol. The number of ether oxygens (including phenoxy) is 1. The molecule has 0 bridgehead atoms. The number of aliphatic hydroxyl groups is 1. The van der Waals surface area contributed by atoms with Gasteiger partial charge in [-0.1, -0.05) is 31.0 Å². The van der Waals surface area contributed by atoms with Crippen molar-refractivity contribution in [2.24, 2.45) is 5.73 Å². The summed E-state index contributed by atoms with van der Waals surface area (Å²) in [6, 6.07) is 5.45. The first kappa shape index (κ1) is 15.3. The Hall–Kier alpha value is -0.770. The van der Waals surface area contributed by atoms with E-state index in [1.165, 1.54) is 0 Å². The lowest BCUT2D eigenvalue weighted by atomic mass is 9.99. The molecule has 0 saturated carbocycles. The van der Waals surface area contributed by atoms with Gasteiger partial charge in [0.15, 0.2) is 0 Å². The summed E-state index contributed by atoms with van der Waals surface area (Å²) < 4.78 is 5.09. The van der Waals surface area contributed by atoms with Crippen molar-refractivity contribution in [3.8, 4) is 5.75 Å². The van der Waals surface area contributed by atoms with Crippen LogP contribution in [0.5, 0.6) is 5.75 Å². The standard InChI is InChI=1S/C14H22ClNO2/c1-3-4-13(16)14(17)8-6-10-5-7-11(18-2)9-12(10)15/h5,7,9,13-14,17H,3-4,6,8,16H2,1-2H3. The van der Waals surface area contributed by atoms with Gasteiger partial charge < -0.3 is 15.6 Å². The quantitative estimate of drug-likeness (QED) is 0.802. The lowest BCUT2D eigenvalue weighted by molar-refractivity contribution is 0.131. The molecule has 0 heterocycles. The molecule has 0 radical (unpaired) electrons. The van der Waals surface area contributed by atoms with Crippen LogP contribution in [-0.4, -0.2) is 24.4 Å². The van der Waals surface area contributed by atoms with Crippen LogP contribution in [0, 0.1) is 0 Å². The molecular weight excluding hydrogens is 250 g/mol. The molecule has 1 rings (SSSR count). The van der Waals surface area contributed by atoms with Crippen molar-refractivity contribution >= 4 is 11.6 Å². The molecule has 3 N–H and O–H groups in total. The number of rotatable bonds is 7. The Labute approximate surface area is 114 Å². The molecule has 1 aromatic carbocycles. The minimum Gasteiger partial charge on any atom is -0.497 e. The molecule has 0 aliphatic heterocycles. The van der Waals surface area contributed by atoms with Crippen LogP contribution in [0.4, 0.5) is 0 Å². The van der Waals surface area contributed by atoms with E-state index in [1.54, 1.807) is 13.2 Å². The second-order valence-electron chi connectivity index (χ2n) is 4.52. The molecule has 0 aliphatic carbocycles. The summed E-state index contributed by atoms with van der Waals surface area (Å²) in [7, 11) is 1.61. The van der Waals surface area contributed by atoms with Crippen molar-refractivity contribution in [3.63, 3.8) is 0 Å². The first-order valence-electron chi connectivity index (χ1n) is 6.34. The van der Waals surface area contributed by atoms with Crippen molar-refractivity contribution in [3.05, 3.63) is 28.8 Å². The maximum Gasteiger partial charge on any atom is 0.120 e. The van der Waals surface area contributed by atoms with Gasteiger partial charge in [-0.25, -0.2) is 0 Å². The highest BCUT2D eigenvalue weighted by atomic mass is 35.5. The molecule has 3 nitrogen and oxygen atoms in total. The van der Waals surface area contributed by atoms with Gasteiger partial charge in [0, 0.05) is 11.1 Å². The van der Waals surface area contributed by atoms with Crippen LogP contribution in [0.25, 0.3) is 0 Å². The SMILES string of the molecule is CCCC(N)C(O)CCc1ccc(OC)cc1Cl. The fourth-order valence-corrected chi connectivity index (χ4v) is 2.17. The number of aryl methyl sites for hydroxylation is 1. The number of aliphatic hydroxyl groups excluding tert-OH is 1. The third-order valence-electron chi connectivity index (χ3n) is 3.09. The fourth-order valence-electron chi connectivity index (χ4n) is 1.90. The normalized spacial score (nSPS) is 14.3. The third kappa shape index (κ3) is 4.48. The third-order valence-corrected chi connectivity index (χ3v) is 3.44. The molecule has 4 heteroatoms. The summed E-state index contributed by atoms with van der Waals surface area (Å²) in [6.07, 6.45) is 2.72. The van der Waals surface area contributed by atoms with E-state index in [9.17, 15) is 5.11 Å². The minimum absolute atomic E-state index is 0.146. The molecule has 0 saturated heterocycles. The van der Waals surface area contributed by atoms with Gasteiger partial charge in [-0.2, -0.15) is 0 Å². The first-order chi connectivity index (χ1) is 8.58. The summed E-state index contributed by atoms with van der Waals surface area (Å²) in [4.78, 5) is 0. The largest absolute Gasteiger partial charge is 0.497 e. The summed E-state index contributed by atoms with van der Waals surface area (Å²) in [5.41, 5.74) is 6.89. The van der Waals surface area contributed by atoms with Crippen molar-refractivity contribution in [2.45, 2.75) is 44.8 Å². The van der Waals surface area contributed by atoms with Gasteiger partial charge in [0.05, 0.1) is 13.2 Å². The number of nitrogens with two attached hydrogens (primary N) is 1. The molecule has 2 atom stereocenters. The number of hydrogen-bond donors (Lipinski definition) is 2. The molecule has 0 aliphatic rings. The number of hydrogen-bond acceptors (Lipinski definition) is 3. The molecule has 0 spiro atoms. The average molecular weight is 272 g/mol. The Morgan fingerprint density at radius 3 is 2.67 bits per heavy atom. The van der Waals surface area contributed by atoms with Gasteiger partial charge in [0.25, 0.3) is 0 Å². The highest BCUT2D eigenvalue weighted by Gasteiger charge is 2.14. The van der Waals surface area contributed by atoms with E-state index in [2.05, 4.69) is 6.92 Å². The first-order valence-corrected chi connectivity index (χ1v) is 6.72. The van der Waals surface area contributed by atoms with E-state index in [4.69, 9.17) is 22.1 Å². The van der Waals surface area contributed by atoms with Crippen LogP contribution in [0.15, 0.2) is 18.2 Å². The molecule has 0 fully saturated rings. The van der Waals surface area contributed by atoms with Gasteiger partial charge >= 0.3 is 0 Å². The lowest BCUT2D eigenvalue weighted by Crippen LogP contribution is -2.34. The molecule has 0 aromatic heterocycles. The van der Waals surface area contributed by atoms with E-state index < -0.39 is 6.10 Å². The Morgan fingerprint density at radius 1 is 1.39 bits per heavy atom. The summed E-state index contributed by atoms with van der Waals surface area (Å²) >= 11 is 6.14. The van der Waals surface area contributed by atoms with E-state index in [-0.39, 0.29) is 6.04 Å². The zero-order valence-corrected chi connectivity index (χ0v) is 11.8. The van der Waals surface area contributed by atoms with Gasteiger partial charge in [-0.05, 0) is 37.0 Å². The molecule has 2 unspecified atom stereocenters. The zero-order valence-electron chi connectivity index (χ0n) is 11.0. The molecule has 102 valence electrons. The molecule has 0 amide bonds. The van der Waals surface area contributed by atoms with Crippen molar-refractivity contribution in [1.82, 2.24) is 0 Å². The molecular formula is C14H22ClNO2. The maximum atomic E-state index is 9.91. The zero-order chi connectivity index (χ0) is 13.5. The summed E-state index contributed by atoms with van der Waals surface area (Å²) in [6.45, 7) is 2.06. The van der Waals surface area contributed by atoms with Gasteiger partial charge in [0.1, 0.15) is 5.75 Å². The van der Waals surface area contributed by atoms with Gasteiger partial charge in [-0.15, -0.1) is 0 Å². The van der Waals surface area contributed by atoms with Crippen molar-refractivity contribution in [2.75, 3.05) is 7.11 Å². The lowest BCUT2D eigenvalue weighted by Gasteiger charge is -2.18. The number of benzene rings is 1. The summed E-state index contributed by atoms with van der Waals surface area (Å²) in [5.74, 6) is 0.743. The Bertz CT molecular complexity index is 371. The molecule has 1 aromatic rings.